The summed E-state index contributed by atoms with van der Waals surface area (Å²) < 4.78 is 11.1. The van der Waals surface area contributed by atoms with Crippen molar-refractivity contribution in [3.8, 4) is 5.75 Å². The number of carbonyl (C=O) groups is 3. The number of anilines is 2. The second-order valence-corrected chi connectivity index (χ2v) is 7.38. The Hall–Kier alpha value is -2.87. The Bertz CT molecular complexity index is 901. The lowest BCUT2D eigenvalue weighted by Crippen LogP contribution is -2.21. The first-order valence-corrected chi connectivity index (χ1v) is 10.4. The number of para-hydroxylation sites is 2. The van der Waals surface area contributed by atoms with Gasteiger partial charge in [0.2, 0.25) is 5.91 Å². The van der Waals surface area contributed by atoms with Crippen molar-refractivity contribution >= 4 is 45.1 Å². The van der Waals surface area contributed by atoms with Gasteiger partial charge in [-0.25, -0.2) is 0 Å². The molecule has 0 aliphatic rings. The fourth-order valence-electron chi connectivity index (χ4n) is 2.74. The molecule has 0 spiro atoms. The smallest absolute Gasteiger partial charge is 0.306 e. The van der Waals surface area contributed by atoms with E-state index in [1.165, 1.54) is 7.11 Å². The lowest BCUT2D eigenvalue weighted by Gasteiger charge is -2.11. The summed E-state index contributed by atoms with van der Waals surface area (Å²) >= 11 is 3.40. The van der Waals surface area contributed by atoms with Crippen LogP contribution in [0.1, 0.15) is 31.7 Å². The molecule has 0 saturated heterocycles. The first-order valence-electron chi connectivity index (χ1n) is 9.59. The zero-order chi connectivity index (χ0) is 21.9. The molecule has 0 heterocycles. The van der Waals surface area contributed by atoms with Gasteiger partial charge in [-0.15, -0.1) is 0 Å². The molecule has 8 heteroatoms. The maximum atomic E-state index is 12.0. The van der Waals surface area contributed by atoms with Gasteiger partial charge < -0.3 is 20.1 Å². The van der Waals surface area contributed by atoms with Crippen LogP contribution < -0.4 is 15.4 Å². The summed E-state index contributed by atoms with van der Waals surface area (Å²) in [7, 11) is 1.52. The molecular weight excluding hydrogens is 452 g/mol. The summed E-state index contributed by atoms with van der Waals surface area (Å²) in [5.41, 5.74) is 2.24. The largest absolute Gasteiger partial charge is 0.495 e. The molecule has 2 aromatic carbocycles. The summed E-state index contributed by atoms with van der Waals surface area (Å²) in [4.78, 5) is 35.9. The van der Waals surface area contributed by atoms with Crippen molar-refractivity contribution in [2.45, 2.75) is 32.6 Å². The Morgan fingerprint density at radius 1 is 0.967 bits per heavy atom. The molecule has 0 saturated carbocycles. The summed E-state index contributed by atoms with van der Waals surface area (Å²) in [5.74, 6) is -0.600. The molecule has 0 aliphatic carbocycles. The van der Waals surface area contributed by atoms with Gasteiger partial charge in [0.15, 0.2) is 6.61 Å². The molecule has 0 radical (unpaired) electrons. The lowest BCUT2D eigenvalue weighted by atomic mass is 10.1. The highest BCUT2D eigenvalue weighted by molar-refractivity contribution is 9.10. The van der Waals surface area contributed by atoms with Gasteiger partial charge in [-0.05, 0) is 48.7 Å². The molecular formula is C22H25BrN2O5. The number of aryl methyl sites for hydroxylation is 1. The third-order valence-corrected chi connectivity index (χ3v) is 4.75. The van der Waals surface area contributed by atoms with Crippen LogP contribution in [0.3, 0.4) is 0 Å². The molecule has 0 fully saturated rings. The highest BCUT2D eigenvalue weighted by Gasteiger charge is 2.12. The number of methoxy groups -OCH3 is 1. The van der Waals surface area contributed by atoms with E-state index in [1.54, 1.807) is 30.3 Å². The van der Waals surface area contributed by atoms with Crippen LogP contribution in [0.5, 0.6) is 5.75 Å². The highest BCUT2D eigenvalue weighted by atomic mass is 79.9. The number of hydrogen-bond donors (Lipinski definition) is 2. The van der Waals surface area contributed by atoms with Gasteiger partial charge in [0.1, 0.15) is 5.75 Å². The van der Waals surface area contributed by atoms with Crippen LogP contribution in [0, 0.1) is 0 Å². The van der Waals surface area contributed by atoms with Crippen molar-refractivity contribution < 1.29 is 23.9 Å². The van der Waals surface area contributed by atoms with Crippen molar-refractivity contribution in [2.24, 2.45) is 0 Å². The molecule has 2 N–H and O–H groups in total. The highest BCUT2D eigenvalue weighted by Crippen LogP contribution is 2.23. The van der Waals surface area contributed by atoms with Crippen molar-refractivity contribution in [3.05, 3.63) is 52.5 Å². The van der Waals surface area contributed by atoms with Gasteiger partial charge in [-0.1, -0.05) is 35.0 Å². The Morgan fingerprint density at radius 2 is 1.70 bits per heavy atom. The normalized spacial score (nSPS) is 10.2. The summed E-state index contributed by atoms with van der Waals surface area (Å²) in [6.45, 7) is 1.62. The number of amides is 2. The first-order chi connectivity index (χ1) is 14.4. The lowest BCUT2D eigenvalue weighted by molar-refractivity contribution is -0.147. The van der Waals surface area contributed by atoms with Crippen LogP contribution in [0.4, 0.5) is 11.4 Å². The van der Waals surface area contributed by atoms with Gasteiger partial charge >= 0.3 is 5.97 Å². The molecule has 160 valence electrons. The summed E-state index contributed by atoms with van der Waals surface area (Å²) in [6.07, 6.45) is 1.27. The number of halogens is 1. The Balaban J connectivity index is 1.69. The standard InChI is InChI=1S/C22H25BrN2O5/c1-3-15-13-16(23)11-12-17(15)24-21(27)14-30-22(28)10-6-9-20(26)25-18-7-4-5-8-19(18)29-2/h4-5,7-8,11-13H,3,6,9-10,14H2,1-2H3,(H,24,27)(H,25,26). The fourth-order valence-corrected chi connectivity index (χ4v) is 3.14. The second-order valence-electron chi connectivity index (χ2n) is 6.47. The minimum absolute atomic E-state index is 0.0467. The van der Waals surface area contributed by atoms with E-state index in [0.717, 1.165) is 16.5 Å². The SMILES string of the molecule is CCc1cc(Br)ccc1NC(=O)COC(=O)CCCC(=O)Nc1ccccc1OC. The number of benzene rings is 2. The number of nitrogens with one attached hydrogen (secondary N) is 2. The van der Waals surface area contributed by atoms with E-state index in [4.69, 9.17) is 9.47 Å². The minimum Gasteiger partial charge on any atom is -0.495 e. The van der Waals surface area contributed by atoms with Crippen molar-refractivity contribution in [2.75, 3.05) is 24.4 Å². The van der Waals surface area contributed by atoms with E-state index >= 15 is 0 Å². The molecule has 2 rings (SSSR count). The molecule has 0 aliphatic heterocycles. The zero-order valence-corrected chi connectivity index (χ0v) is 18.6. The third kappa shape index (κ3) is 7.51. The van der Waals surface area contributed by atoms with Crippen LogP contribution >= 0.6 is 15.9 Å². The third-order valence-electron chi connectivity index (χ3n) is 4.25. The quantitative estimate of drug-likeness (QED) is 0.498. The van der Waals surface area contributed by atoms with E-state index in [9.17, 15) is 14.4 Å². The van der Waals surface area contributed by atoms with E-state index in [-0.39, 0.29) is 25.4 Å². The summed E-state index contributed by atoms with van der Waals surface area (Å²) in [5, 5.41) is 5.49. The molecule has 0 unspecified atom stereocenters. The van der Waals surface area contributed by atoms with E-state index in [0.29, 0.717) is 23.5 Å². The molecule has 2 aromatic rings. The number of ether oxygens (including phenoxy) is 2. The van der Waals surface area contributed by atoms with Gasteiger partial charge in [0, 0.05) is 23.0 Å². The number of rotatable bonds is 10. The average molecular weight is 477 g/mol. The maximum Gasteiger partial charge on any atom is 0.306 e. The average Bonchev–Trinajstić information content (AvgIpc) is 2.73. The van der Waals surface area contributed by atoms with Crippen LogP contribution in [-0.4, -0.2) is 31.5 Å². The van der Waals surface area contributed by atoms with Gasteiger partial charge in [-0.3, -0.25) is 14.4 Å². The number of esters is 1. The van der Waals surface area contributed by atoms with Crippen molar-refractivity contribution in [3.63, 3.8) is 0 Å². The van der Waals surface area contributed by atoms with E-state index in [2.05, 4.69) is 26.6 Å². The van der Waals surface area contributed by atoms with Crippen LogP contribution in [0.25, 0.3) is 0 Å². The second kappa shape index (κ2) is 12.0. The van der Waals surface area contributed by atoms with E-state index < -0.39 is 11.9 Å². The zero-order valence-electron chi connectivity index (χ0n) is 17.0. The van der Waals surface area contributed by atoms with Gasteiger partial charge in [-0.2, -0.15) is 0 Å². The van der Waals surface area contributed by atoms with Crippen LogP contribution in [0.2, 0.25) is 0 Å². The predicted octanol–water partition coefficient (Wildman–Crippen LogP) is 4.31. The van der Waals surface area contributed by atoms with Crippen molar-refractivity contribution in [1.82, 2.24) is 0 Å². The van der Waals surface area contributed by atoms with Crippen LogP contribution in [0.15, 0.2) is 46.9 Å². The van der Waals surface area contributed by atoms with Crippen LogP contribution in [-0.2, 0) is 25.5 Å². The van der Waals surface area contributed by atoms with Gasteiger partial charge in [0.05, 0.1) is 12.8 Å². The molecule has 0 aromatic heterocycles. The molecule has 30 heavy (non-hydrogen) atoms. The first kappa shape index (κ1) is 23.4. The molecule has 0 atom stereocenters. The molecule has 0 bridgehead atoms. The molecule has 2 amide bonds. The van der Waals surface area contributed by atoms with Gasteiger partial charge in [0.25, 0.3) is 5.91 Å². The minimum atomic E-state index is -0.526. The Labute approximate surface area is 184 Å². The Kier molecular flexibility index (Phi) is 9.34. The Morgan fingerprint density at radius 3 is 2.43 bits per heavy atom. The summed E-state index contributed by atoms with van der Waals surface area (Å²) in [6, 6.07) is 12.6. The fraction of sp³-hybridized carbons (Fsp3) is 0.318. The number of carbonyl (C=O) groups excluding carboxylic acids is 3. The topological polar surface area (TPSA) is 93.7 Å². The predicted molar refractivity (Wildman–Crippen MR) is 119 cm³/mol. The van der Waals surface area contributed by atoms with E-state index in [1.807, 2.05) is 19.1 Å². The van der Waals surface area contributed by atoms with Crippen molar-refractivity contribution in [1.29, 1.82) is 0 Å². The monoisotopic (exact) mass is 476 g/mol. The number of hydrogen-bond acceptors (Lipinski definition) is 5. The molecule has 7 nitrogen and oxygen atoms in total. The maximum absolute atomic E-state index is 12.0.